The zero-order valence-corrected chi connectivity index (χ0v) is 12.7. The topological polar surface area (TPSA) is 76.1 Å². The molecule has 0 bridgehead atoms. The lowest BCUT2D eigenvalue weighted by atomic mass is 10.2. The molecule has 1 aromatic rings. The van der Waals surface area contributed by atoms with Crippen molar-refractivity contribution in [2.75, 3.05) is 33.4 Å². The van der Waals surface area contributed by atoms with Crippen LogP contribution in [0.1, 0.15) is 5.56 Å². The SMILES string of the molecule is COCCN(CC(=O)O)C(=O)COc1cc(C)ccc1Cl. The van der Waals surface area contributed by atoms with Gasteiger partial charge in [0.05, 0.1) is 11.6 Å². The van der Waals surface area contributed by atoms with E-state index < -0.39 is 18.4 Å². The maximum atomic E-state index is 12.0. The molecule has 0 aliphatic heterocycles. The highest BCUT2D eigenvalue weighted by atomic mass is 35.5. The van der Waals surface area contributed by atoms with E-state index in [1.807, 2.05) is 13.0 Å². The van der Waals surface area contributed by atoms with E-state index in [1.165, 1.54) is 7.11 Å². The van der Waals surface area contributed by atoms with Crippen molar-refractivity contribution >= 4 is 23.5 Å². The van der Waals surface area contributed by atoms with Gasteiger partial charge in [-0.3, -0.25) is 9.59 Å². The second-order valence-electron chi connectivity index (χ2n) is 4.42. The summed E-state index contributed by atoms with van der Waals surface area (Å²) in [4.78, 5) is 23.9. The number of aliphatic carboxylic acids is 1. The van der Waals surface area contributed by atoms with Crippen molar-refractivity contribution < 1.29 is 24.2 Å². The Bertz CT molecular complexity index is 506. The average molecular weight is 316 g/mol. The van der Waals surface area contributed by atoms with E-state index in [-0.39, 0.29) is 19.8 Å². The fourth-order valence-electron chi connectivity index (χ4n) is 1.61. The molecule has 0 radical (unpaired) electrons. The first kappa shape index (κ1) is 17.3. The summed E-state index contributed by atoms with van der Waals surface area (Å²) in [6.07, 6.45) is 0. The summed E-state index contributed by atoms with van der Waals surface area (Å²) >= 11 is 5.96. The third-order valence-electron chi connectivity index (χ3n) is 2.68. The lowest BCUT2D eigenvalue weighted by Gasteiger charge is -2.20. The zero-order chi connectivity index (χ0) is 15.8. The van der Waals surface area contributed by atoms with Gasteiger partial charge < -0.3 is 19.5 Å². The highest BCUT2D eigenvalue weighted by molar-refractivity contribution is 6.32. The Morgan fingerprint density at radius 3 is 2.71 bits per heavy atom. The summed E-state index contributed by atoms with van der Waals surface area (Å²) in [5.74, 6) is -1.13. The van der Waals surface area contributed by atoms with Gasteiger partial charge in [-0.1, -0.05) is 17.7 Å². The molecule has 1 rings (SSSR count). The summed E-state index contributed by atoms with van der Waals surface area (Å²) in [7, 11) is 1.48. The molecule has 0 saturated heterocycles. The van der Waals surface area contributed by atoms with Crippen molar-refractivity contribution in [1.29, 1.82) is 0 Å². The minimum atomic E-state index is -1.09. The number of methoxy groups -OCH3 is 1. The molecule has 116 valence electrons. The summed E-state index contributed by atoms with van der Waals surface area (Å²) < 4.78 is 10.2. The number of carbonyl (C=O) groups excluding carboxylic acids is 1. The molecule has 1 N–H and O–H groups in total. The molecule has 0 saturated carbocycles. The van der Waals surface area contributed by atoms with Gasteiger partial charge in [-0.25, -0.2) is 0 Å². The number of hydrogen-bond acceptors (Lipinski definition) is 4. The second kappa shape index (κ2) is 8.49. The number of amides is 1. The normalized spacial score (nSPS) is 10.2. The molecule has 0 unspecified atom stereocenters. The molecule has 0 aliphatic carbocycles. The Hall–Kier alpha value is -1.79. The Balaban J connectivity index is 2.63. The van der Waals surface area contributed by atoms with E-state index in [9.17, 15) is 9.59 Å². The van der Waals surface area contributed by atoms with E-state index in [2.05, 4.69) is 0 Å². The Morgan fingerprint density at radius 2 is 2.10 bits per heavy atom. The van der Waals surface area contributed by atoms with Gasteiger partial charge >= 0.3 is 5.97 Å². The average Bonchev–Trinajstić information content (AvgIpc) is 2.43. The number of aryl methyl sites for hydroxylation is 1. The number of carbonyl (C=O) groups is 2. The smallest absolute Gasteiger partial charge is 0.323 e. The van der Waals surface area contributed by atoms with Crippen LogP contribution in [0.2, 0.25) is 5.02 Å². The number of nitrogens with zero attached hydrogens (tertiary/aromatic N) is 1. The molecule has 7 heteroatoms. The van der Waals surface area contributed by atoms with Crippen LogP contribution < -0.4 is 4.74 Å². The van der Waals surface area contributed by atoms with Crippen LogP contribution in [0, 0.1) is 6.92 Å². The molecular formula is C14H18ClNO5. The van der Waals surface area contributed by atoms with Crippen molar-refractivity contribution in [3.63, 3.8) is 0 Å². The number of hydrogen-bond donors (Lipinski definition) is 1. The van der Waals surface area contributed by atoms with Crippen molar-refractivity contribution in [2.45, 2.75) is 6.92 Å². The summed E-state index contributed by atoms with van der Waals surface area (Å²) in [5, 5.41) is 9.20. The van der Waals surface area contributed by atoms with Crippen LogP contribution in [-0.4, -0.2) is 55.3 Å². The van der Waals surface area contributed by atoms with Crippen molar-refractivity contribution in [3.05, 3.63) is 28.8 Å². The van der Waals surface area contributed by atoms with Crippen LogP contribution in [0.15, 0.2) is 18.2 Å². The van der Waals surface area contributed by atoms with Crippen LogP contribution in [0.5, 0.6) is 5.75 Å². The van der Waals surface area contributed by atoms with Crippen LogP contribution in [-0.2, 0) is 14.3 Å². The first-order valence-electron chi connectivity index (χ1n) is 6.31. The van der Waals surface area contributed by atoms with Crippen molar-refractivity contribution in [1.82, 2.24) is 4.90 Å². The number of carboxylic acid groups (broad SMARTS) is 1. The van der Waals surface area contributed by atoms with Crippen molar-refractivity contribution in [2.24, 2.45) is 0 Å². The van der Waals surface area contributed by atoms with Crippen LogP contribution in [0.25, 0.3) is 0 Å². The van der Waals surface area contributed by atoms with E-state index in [4.69, 9.17) is 26.2 Å². The van der Waals surface area contributed by atoms with Gasteiger partial charge in [-0.05, 0) is 24.6 Å². The number of halogens is 1. The Kier molecular flexibility index (Phi) is 6.98. The summed E-state index contributed by atoms with van der Waals surface area (Å²) in [6, 6.07) is 5.22. The third-order valence-corrected chi connectivity index (χ3v) is 2.99. The molecule has 0 aliphatic rings. The quantitative estimate of drug-likeness (QED) is 0.788. The summed E-state index contributed by atoms with van der Waals surface area (Å²) in [5.41, 5.74) is 0.948. The van der Waals surface area contributed by atoms with E-state index in [1.54, 1.807) is 12.1 Å². The first-order chi connectivity index (χ1) is 9.93. The number of benzene rings is 1. The van der Waals surface area contributed by atoms with Crippen molar-refractivity contribution in [3.8, 4) is 5.75 Å². The van der Waals surface area contributed by atoms with E-state index in [0.717, 1.165) is 10.5 Å². The van der Waals surface area contributed by atoms with Crippen LogP contribution >= 0.6 is 11.6 Å². The monoisotopic (exact) mass is 315 g/mol. The minimum Gasteiger partial charge on any atom is -0.482 e. The summed E-state index contributed by atoms with van der Waals surface area (Å²) in [6.45, 7) is 1.64. The number of rotatable bonds is 8. The van der Waals surface area contributed by atoms with Gasteiger partial charge in [0.25, 0.3) is 5.91 Å². The molecular weight excluding hydrogens is 298 g/mol. The highest BCUT2D eigenvalue weighted by Crippen LogP contribution is 2.25. The van der Waals surface area contributed by atoms with Crippen LogP contribution in [0.3, 0.4) is 0 Å². The van der Waals surface area contributed by atoms with E-state index in [0.29, 0.717) is 10.8 Å². The lowest BCUT2D eigenvalue weighted by Crippen LogP contribution is -2.40. The third kappa shape index (κ3) is 6.01. The molecule has 0 heterocycles. The van der Waals surface area contributed by atoms with Gasteiger partial charge in [0.1, 0.15) is 12.3 Å². The highest BCUT2D eigenvalue weighted by Gasteiger charge is 2.17. The fraction of sp³-hybridized carbons (Fsp3) is 0.429. The number of carboxylic acids is 1. The molecule has 0 spiro atoms. The molecule has 0 atom stereocenters. The molecule has 1 aromatic carbocycles. The molecule has 6 nitrogen and oxygen atoms in total. The molecule has 0 fully saturated rings. The van der Waals surface area contributed by atoms with Gasteiger partial charge in [0.15, 0.2) is 6.61 Å². The largest absolute Gasteiger partial charge is 0.482 e. The predicted octanol–water partition coefficient (Wildman–Crippen LogP) is 1.59. The molecule has 1 amide bonds. The van der Waals surface area contributed by atoms with Gasteiger partial charge in [-0.15, -0.1) is 0 Å². The zero-order valence-electron chi connectivity index (χ0n) is 12.0. The second-order valence-corrected chi connectivity index (χ2v) is 4.83. The van der Waals surface area contributed by atoms with Gasteiger partial charge in [-0.2, -0.15) is 0 Å². The molecule has 21 heavy (non-hydrogen) atoms. The predicted molar refractivity (Wildman–Crippen MR) is 77.8 cm³/mol. The van der Waals surface area contributed by atoms with Gasteiger partial charge in [0.2, 0.25) is 0 Å². The van der Waals surface area contributed by atoms with E-state index >= 15 is 0 Å². The standard InChI is InChI=1S/C14H18ClNO5/c1-10-3-4-11(15)12(7-10)21-9-13(17)16(5-6-20-2)8-14(18)19/h3-4,7H,5-6,8-9H2,1-2H3,(H,18,19). The van der Waals surface area contributed by atoms with Crippen LogP contribution in [0.4, 0.5) is 0 Å². The maximum absolute atomic E-state index is 12.0. The minimum absolute atomic E-state index is 0.187. The Morgan fingerprint density at radius 1 is 1.38 bits per heavy atom. The van der Waals surface area contributed by atoms with Gasteiger partial charge in [0, 0.05) is 13.7 Å². The Labute approximate surface area is 128 Å². The fourth-order valence-corrected chi connectivity index (χ4v) is 1.78. The number of ether oxygens (including phenoxy) is 2. The first-order valence-corrected chi connectivity index (χ1v) is 6.69. The lowest BCUT2D eigenvalue weighted by molar-refractivity contribution is -0.145. The maximum Gasteiger partial charge on any atom is 0.323 e. The molecule has 0 aromatic heterocycles.